The molecule has 0 spiro atoms. The van der Waals surface area contributed by atoms with Crippen LogP contribution in [-0.4, -0.2) is 218 Å². The molecule has 0 aromatic rings. The summed E-state index contributed by atoms with van der Waals surface area (Å²) in [6, 6.07) is 0. The standard InChI is InChI=1S/C13H25NO3Si.C10H18FNO3.C10H16FNO3.C10H17NO3.C5H10FNO.C2HF3O2.CH4.B.Na.H/c1-13(2,3)16-12(15)14-9-7-11(8-10-14)17-18(4,5)6;2*1-10(2,3)15-9(14)12-5-4-8(13)7(11)6-12;1-10(2,3)14-9(13)11-6-4-8(12)5-7-11;6-4-3-7-2-1-5(4)8;3-2(4,5)1(6)7;;;;/h7H,8-10H2,1-6H3;7-8,13H,4-6H2,1-3H3;7H,4-6H2,1-3H3;4-7H2,1-3H3;4-5,7-8H,1-3H2;(H,6,7);1H4;;;/q;;;;;;;;+1;-1. The quantitative estimate of drug-likeness (QED) is 0.152. The number of aliphatic hydroxyl groups is 2. The summed E-state index contributed by atoms with van der Waals surface area (Å²) in [6.07, 6.45) is -7.82. The van der Waals surface area contributed by atoms with E-state index in [0.29, 0.717) is 58.5 Å². The molecular formula is C51H92BF6N5NaO15Si. The number of nitrogens with zero attached hydrogens (tertiary/aromatic N) is 4. The Bertz CT molecular complexity index is 1940. The molecule has 5 unspecified atom stereocenters. The van der Waals surface area contributed by atoms with Crippen molar-refractivity contribution in [2.24, 2.45) is 0 Å². The van der Waals surface area contributed by atoms with Crippen LogP contribution in [0.3, 0.4) is 0 Å². The summed E-state index contributed by atoms with van der Waals surface area (Å²) in [5.41, 5.74) is -2.06. The molecule has 80 heavy (non-hydrogen) atoms. The van der Waals surface area contributed by atoms with Crippen LogP contribution in [0.4, 0.5) is 45.5 Å². The van der Waals surface area contributed by atoms with Crippen molar-refractivity contribution < 1.29 is 130 Å². The molecule has 0 saturated carbocycles. The van der Waals surface area contributed by atoms with E-state index in [-0.39, 0.29) is 97.3 Å². The molecule has 5 aliphatic rings. The summed E-state index contributed by atoms with van der Waals surface area (Å²) < 4.78 is 96.8. The number of carbonyl (C=O) groups is 7. The number of rotatable bonds is 2. The molecule has 0 aromatic heterocycles. The van der Waals surface area contributed by atoms with Gasteiger partial charge in [-0.3, -0.25) is 9.59 Å². The van der Waals surface area contributed by atoms with Gasteiger partial charge in [-0.15, -0.1) is 0 Å². The van der Waals surface area contributed by atoms with E-state index in [9.17, 15) is 55.1 Å². The van der Waals surface area contributed by atoms with Gasteiger partial charge < -0.3 is 65.0 Å². The average Bonchev–Trinajstić information content (AvgIpc) is 3.25. The Morgan fingerprint density at radius 1 is 0.613 bits per heavy atom. The smallest absolute Gasteiger partial charge is 1.00 e. The number of aliphatic hydroxyl groups excluding tert-OH is 2. The van der Waals surface area contributed by atoms with Crippen LogP contribution in [-0.2, 0) is 37.8 Å². The Kier molecular flexibility index (Phi) is 37.9. The van der Waals surface area contributed by atoms with E-state index in [1.807, 2.05) is 47.6 Å². The number of carboxylic acids is 1. The first-order valence-corrected chi connectivity index (χ1v) is 28.8. The van der Waals surface area contributed by atoms with Crippen LogP contribution in [0.5, 0.6) is 0 Å². The minimum absolute atomic E-state index is 0. The van der Waals surface area contributed by atoms with Crippen LogP contribution in [0.1, 0.15) is 130 Å². The Balaban J connectivity index is -0.000000289. The molecule has 3 radical (unpaired) electrons. The summed E-state index contributed by atoms with van der Waals surface area (Å²) in [5, 5.41) is 27.9. The molecule has 4 N–H and O–H groups in total. The van der Waals surface area contributed by atoms with E-state index in [4.69, 9.17) is 43.5 Å². The summed E-state index contributed by atoms with van der Waals surface area (Å²) in [7, 11) is -1.54. The molecule has 5 rings (SSSR count). The zero-order chi connectivity index (χ0) is 60.1. The van der Waals surface area contributed by atoms with E-state index in [1.165, 1.54) is 9.80 Å². The second kappa shape index (κ2) is 36.7. The number of Topliss-reactive ketones (excluding diaryl/α,β-unsaturated/α-hetero) is 2. The third-order valence-corrected chi connectivity index (χ3v) is 10.9. The van der Waals surface area contributed by atoms with E-state index >= 15 is 0 Å². The number of piperidine rings is 4. The number of ketones is 2. The number of ether oxygens (including phenoxy) is 4. The van der Waals surface area contributed by atoms with Crippen LogP contribution in [0.15, 0.2) is 11.8 Å². The van der Waals surface area contributed by atoms with E-state index in [0.717, 1.165) is 18.7 Å². The Labute approximate surface area is 496 Å². The average molecular weight is 1190 g/mol. The summed E-state index contributed by atoms with van der Waals surface area (Å²) >= 11 is 0. The number of likely N-dealkylation sites (tertiary alicyclic amines) is 3. The van der Waals surface area contributed by atoms with Crippen molar-refractivity contribution in [3.05, 3.63) is 11.8 Å². The van der Waals surface area contributed by atoms with Gasteiger partial charge in [0.15, 0.2) is 12.0 Å². The number of carboxylic acid groups (broad SMARTS) is 1. The number of alkyl halides is 6. The zero-order valence-electron chi connectivity index (χ0n) is 50.2. The van der Waals surface area contributed by atoms with Crippen LogP contribution in [0.2, 0.25) is 19.6 Å². The van der Waals surface area contributed by atoms with Gasteiger partial charge in [0.1, 0.15) is 40.5 Å². The van der Waals surface area contributed by atoms with E-state index in [2.05, 4.69) is 25.0 Å². The molecule has 0 bridgehead atoms. The number of halogens is 6. The maximum atomic E-state index is 13.1. The largest absolute Gasteiger partial charge is 1.00 e. The fourth-order valence-electron chi connectivity index (χ4n) is 6.37. The van der Waals surface area contributed by atoms with Gasteiger partial charge in [-0.25, -0.2) is 37.1 Å². The Hall–Kier alpha value is -3.83. The predicted molar refractivity (Wildman–Crippen MR) is 288 cm³/mol. The maximum absolute atomic E-state index is 13.1. The zero-order valence-corrected chi connectivity index (χ0v) is 52.2. The van der Waals surface area contributed by atoms with Gasteiger partial charge in [0.25, 0.3) is 0 Å². The molecular weight excluding hydrogens is 1100 g/mol. The topological polar surface area (TPSA) is 251 Å². The van der Waals surface area contributed by atoms with Crippen molar-refractivity contribution in [1.82, 2.24) is 24.9 Å². The summed E-state index contributed by atoms with van der Waals surface area (Å²) in [4.78, 5) is 82.9. The van der Waals surface area contributed by atoms with Crippen molar-refractivity contribution in [3.8, 4) is 0 Å². The van der Waals surface area contributed by atoms with Crippen LogP contribution in [0, 0.1) is 0 Å². The molecule has 5 heterocycles. The van der Waals surface area contributed by atoms with Crippen molar-refractivity contribution in [2.45, 2.75) is 208 Å². The third kappa shape index (κ3) is 39.6. The Morgan fingerprint density at radius 2 is 0.988 bits per heavy atom. The van der Waals surface area contributed by atoms with Crippen LogP contribution < -0.4 is 34.9 Å². The Morgan fingerprint density at radius 3 is 1.31 bits per heavy atom. The fraction of sp³-hybridized carbons (Fsp3) is 0.824. The number of hydrogen-bond donors (Lipinski definition) is 4. The van der Waals surface area contributed by atoms with Crippen LogP contribution >= 0.6 is 0 Å². The van der Waals surface area contributed by atoms with Gasteiger partial charge in [-0.2, -0.15) is 13.2 Å². The fourth-order valence-corrected chi connectivity index (χ4v) is 7.34. The molecule has 0 aliphatic carbocycles. The molecule has 4 fully saturated rings. The van der Waals surface area contributed by atoms with Gasteiger partial charge in [0.05, 0.1) is 31.1 Å². The SMILES string of the molecule is C.CC(C)(C)OC(=O)N1CC=C(O[Si](C)(C)C)CC1.CC(C)(C)OC(=O)N1CCC(=O)C(F)C1.CC(C)(C)OC(=O)N1CCC(=O)CC1.CC(C)(C)OC(=O)N1CCC(O)C(F)C1.O=C(O)C(F)(F)F.OC1CCNCC1F.[B].[H-].[Na+]. The molecule has 5 aliphatic heterocycles. The minimum Gasteiger partial charge on any atom is -1.00 e. The molecule has 4 amide bonds. The van der Waals surface area contributed by atoms with Crippen LogP contribution in [0.25, 0.3) is 0 Å². The molecule has 20 nitrogen and oxygen atoms in total. The molecule has 0 aromatic carbocycles. The van der Waals surface area contributed by atoms with Gasteiger partial charge in [0, 0.05) is 79.9 Å². The first-order chi connectivity index (χ1) is 34.8. The van der Waals surface area contributed by atoms with E-state index < -0.39 is 91.6 Å². The minimum atomic E-state index is -5.08. The van der Waals surface area contributed by atoms with Gasteiger partial charge in [0.2, 0.25) is 8.32 Å². The van der Waals surface area contributed by atoms with E-state index in [1.54, 1.807) is 51.3 Å². The summed E-state index contributed by atoms with van der Waals surface area (Å²) in [6.45, 7) is 31.7. The molecule has 4 saturated heterocycles. The van der Waals surface area contributed by atoms with Crippen molar-refractivity contribution in [1.29, 1.82) is 0 Å². The molecule has 461 valence electrons. The molecule has 29 heteroatoms. The molecule has 5 atom stereocenters. The second-order valence-electron chi connectivity index (χ2n) is 23.4. The van der Waals surface area contributed by atoms with Gasteiger partial charge >= 0.3 is 66.1 Å². The normalized spacial score (nSPS) is 21.5. The number of carbonyl (C=O) groups excluding carboxylic acids is 6. The number of nitrogens with one attached hydrogen (secondary N) is 1. The van der Waals surface area contributed by atoms with Crippen molar-refractivity contribution in [3.63, 3.8) is 0 Å². The maximum Gasteiger partial charge on any atom is 1.00 e. The first-order valence-electron chi connectivity index (χ1n) is 25.4. The van der Waals surface area contributed by atoms with Gasteiger partial charge in [-0.1, -0.05) is 7.43 Å². The van der Waals surface area contributed by atoms with Crippen molar-refractivity contribution in [2.75, 3.05) is 65.4 Å². The monoisotopic (exact) mass is 1190 g/mol. The number of hydrogen-bond acceptors (Lipinski definition) is 15. The summed E-state index contributed by atoms with van der Waals surface area (Å²) in [5.74, 6) is -1.94. The number of aliphatic carboxylic acids is 1. The van der Waals surface area contributed by atoms with Gasteiger partial charge in [-0.05, 0) is 128 Å². The third-order valence-electron chi connectivity index (χ3n) is 10.0. The predicted octanol–water partition coefficient (Wildman–Crippen LogP) is 5.49. The first kappa shape index (κ1) is 82.6. The van der Waals surface area contributed by atoms with Crippen molar-refractivity contribution >= 4 is 58.6 Å². The second-order valence-corrected chi connectivity index (χ2v) is 27.8. The number of amides is 4.